The SMILES string of the molecule is CC1(C)CN(S(=O)(=O)c2cccnc2)Cc2c(NC(=O)c3c(F)cccc3NC(=O)c3ccc[nH]3)n[nH]c21. The Hall–Kier alpha value is -4.36. The largest absolute Gasteiger partial charge is 0.357 e. The molecule has 0 atom stereocenters. The Morgan fingerprint density at radius 3 is 2.61 bits per heavy atom. The minimum atomic E-state index is -3.89. The first-order valence-corrected chi connectivity index (χ1v) is 13.0. The second-order valence-corrected chi connectivity index (χ2v) is 11.4. The zero-order valence-corrected chi connectivity index (χ0v) is 21.3. The molecule has 3 aromatic heterocycles. The maximum absolute atomic E-state index is 14.8. The molecule has 38 heavy (non-hydrogen) atoms. The summed E-state index contributed by atoms with van der Waals surface area (Å²) in [5.41, 5.74) is 0.242. The van der Waals surface area contributed by atoms with Crippen molar-refractivity contribution in [3.8, 4) is 0 Å². The van der Waals surface area contributed by atoms with Gasteiger partial charge in [0.1, 0.15) is 16.4 Å². The highest BCUT2D eigenvalue weighted by molar-refractivity contribution is 7.89. The van der Waals surface area contributed by atoms with Gasteiger partial charge in [0.05, 0.1) is 11.3 Å². The fourth-order valence-corrected chi connectivity index (χ4v) is 5.98. The first-order valence-electron chi connectivity index (χ1n) is 11.6. The molecule has 5 rings (SSSR count). The number of pyridine rings is 1. The molecule has 2 amide bonds. The van der Waals surface area contributed by atoms with E-state index in [1.54, 1.807) is 12.3 Å². The van der Waals surface area contributed by atoms with Crippen LogP contribution >= 0.6 is 0 Å². The molecule has 1 aliphatic heterocycles. The van der Waals surface area contributed by atoms with Crippen LogP contribution in [0.3, 0.4) is 0 Å². The van der Waals surface area contributed by atoms with Crippen LogP contribution in [0.15, 0.2) is 66.0 Å². The lowest BCUT2D eigenvalue weighted by Crippen LogP contribution is -2.45. The molecule has 13 heteroatoms. The molecule has 196 valence electrons. The Morgan fingerprint density at radius 1 is 1.08 bits per heavy atom. The lowest BCUT2D eigenvalue weighted by molar-refractivity contribution is 0.102. The molecule has 1 aromatic carbocycles. The van der Waals surface area contributed by atoms with E-state index in [0.717, 1.165) is 6.07 Å². The molecule has 4 aromatic rings. The predicted octanol–water partition coefficient (Wildman–Crippen LogP) is 3.26. The zero-order chi connectivity index (χ0) is 27.1. The van der Waals surface area contributed by atoms with Crippen LogP contribution in [0.5, 0.6) is 0 Å². The standard InChI is InChI=1S/C25H24FN7O4S/c1-25(2)14-33(38(36,37)15-6-4-10-27-12-15)13-16-21(25)31-32-22(16)30-24(35)20-17(26)7-3-8-18(20)29-23(34)19-9-5-11-28-19/h3-12,28H,13-14H2,1-2H3,(H,29,34)(H2,30,31,32,35). The Bertz CT molecular complexity index is 1620. The minimum Gasteiger partial charge on any atom is -0.357 e. The average molecular weight is 538 g/mol. The molecule has 4 N–H and O–H groups in total. The molecule has 1 aliphatic rings. The van der Waals surface area contributed by atoms with Crippen LogP contribution in [0.4, 0.5) is 15.9 Å². The van der Waals surface area contributed by atoms with E-state index in [4.69, 9.17) is 0 Å². The van der Waals surface area contributed by atoms with Crippen LogP contribution in [-0.2, 0) is 22.0 Å². The molecule has 0 unspecified atom stereocenters. The number of carbonyl (C=O) groups excluding carboxylic acids is 2. The van der Waals surface area contributed by atoms with Crippen LogP contribution < -0.4 is 10.6 Å². The Labute approximate surface area is 217 Å². The summed E-state index contributed by atoms with van der Waals surface area (Å²) in [7, 11) is -3.89. The third-order valence-corrected chi connectivity index (χ3v) is 8.06. The van der Waals surface area contributed by atoms with Crippen molar-refractivity contribution in [1.29, 1.82) is 0 Å². The number of H-pyrrole nitrogens is 2. The maximum Gasteiger partial charge on any atom is 0.272 e. The lowest BCUT2D eigenvalue weighted by atomic mass is 9.84. The second kappa shape index (κ2) is 9.50. The molecule has 0 spiro atoms. The van der Waals surface area contributed by atoms with E-state index >= 15 is 0 Å². The Morgan fingerprint density at radius 2 is 1.89 bits per heavy atom. The number of carbonyl (C=O) groups is 2. The van der Waals surface area contributed by atoms with E-state index in [1.807, 2.05) is 13.8 Å². The van der Waals surface area contributed by atoms with E-state index in [2.05, 4.69) is 30.8 Å². The van der Waals surface area contributed by atoms with Crippen LogP contribution in [0.25, 0.3) is 0 Å². The molecule has 11 nitrogen and oxygen atoms in total. The second-order valence-electron chi connectivity index (χ2n) is 9.43. The number of fused-ring (bicyclic) bond motifs is 1. The number of sulfonamides is 1. The van der Waals surface area contributed by atoms with Gasteiger partial charge < -0.3 is 15.6 Å². The number of anilines is 2. The van der Waals surface area contributed by atoms with E-state index in [1.165, 1.54) is 47.0 Å². The number of hydrogen-bond donors (Lipinski definition) is 4. The molecule has 0 fully saturated rings. The van der Waals surface area contributed by atoms with Crippen LogP contribution in [-0.4, -0.2) is 51.2 Å². The lowest BCUT2D eigenvalue weighted by Gasteiger charge is -2.36. The van der Waals surface area contributed by atoms with Crippen molar-refractivity contribution in [2.45, 2.75) is 30.7 Å². The van der Waals surface area contributed by atoms with E-state index in [0.29, 0.717) is 11.3 Å². The van der Waals surface area contributed by atoms with Crippen molar-refractivity contribution < 1.29 is 22.4 Å². The smallest absolute Gasteiger partial charge is 0.272 e. The van der Waals surface area contributed by atoms with Gasteiger partial charge in [0.25, 0.3) is 11.8 Å². The zero-order valence-electron chi connectivity index (χ0n) is 20.4. The summed E-state index contributed by atoms with van der Waals surface area (Å²) >= 11 is 0. The summed E-state index contributed by atoms with van der Waals surface area (Å²) < 4.78 is 42.8. The number of aromatic amines is 2. The molecule has 0 aliphatic carbocycles. The third kappa shape index (κ3) is 4.57. The highest BCUT2D eigenvalue weighted by Crippen LogP contribution is 2.38. The van der Waals surface area contributed by atoms with Gasteiger partial charge >= 0.3 is 0 Å². The molecule has 0 saturated heterocycles. The molecule has 0 saturated carbocycles. The molecular formula is C25H24FN7O4S. The van der Waals surface area contributed by atoms with Gasteiger partial charge in [-0.15, -0.1) is 0 Å². The van der Waals surface area contributed by atoms with Gasteiger partial charge in [-0.2, -0.15) is 9.40 Å². The topological polar surface area (TPSA) is 153 Å². The van der Waals surface area contributed by atoms with Crippen molar-refractivity contribution in [3.63, 3.8) is 0 Å². The van der Waals surface area contributed by atoms with Gasteiger partial charge in [-0.05, 0) is 36.4 Å². The number of rotatable bonds is 6. The molecule has 0 bridgehead atoms. The highest BCUT2D eigenvalue weighted by atomic mass is 32.2. The van der Waals surface area contributed by atoms with Crippen molar-refractivity contribution in [2.24, 2.45) is 0 Å². The monoisotopic (exact) mass is 537 g/mol. The van der Waals surface area contributed by atoms with Gasteiger partial charge in [-0.1, -0.05) is 19.9 Å². The molecular weight excluding hydrogens is 513 g/mol. The first-order chi connectivity index (χ1) is 18.1. The summed E-state index contributed by atoms with van der Waals surface area (Å²) in [6.45, 7) is 3.79. The Balaban J connectivity index is 1.45. The predicted molar refractivity (Wildman–Crippen MR) is 137 cm³/mol. The third-order valence-electron chi connectivity index (χ3n) is 6.29. The van der Waals surface area contributed by atoms with E-state index < -0.39 is 33.1 Å². The number of benzene rings is 1. The number of halogens is 1. The normalized spacial score (nSPS) is 15.0. The van der Waals surface area contributed by atoms with Crippen LogP contribution in [0.1, 0.15) is 46.0 Å². The fraction of sp³-hybridized carbons (Fsp3) is 0.200. The van der Waals surface area contributed by atoms with Crippen molar-refractivity contribution in [3.05, 3.63) is 89.4 Å². The van der Waals surface area contributed by atoms with Crippen LogP contribution in [0, 0.1) is 5.82 Å². The van der Waals surface area contributed by atoms with Gasteiger partial charge in [0.2, 0.25) is 10.0 Å². The fourth-order valence-electron chi connectivity index (χ4n) is 4.44. The first kappa shape index (κ1) is 25.3. The Kier molecular flexibility index (Phi) is 6.33. The molecule has 0 radical (unpaired) electrons. The number of amides is 2. The van der Waals surface area contributed by atoms with Crippen molar-refractivity contribution >= 4 is 33.3 Å². The van der Waals surface area contributed by atoms with Crippen molar-refractivity contribution in [2.75, 3.05) is 17.2 Å². The number of aromatic nitrogens is 4. The van der Waals surface area contributed by atoms with Gasteiger partial charge in [0, 0.05) is 48.4 Å². The maximum atomic E-state index is 14.8. The summed E-state index contributed by atoms with van der Waals surface area (Å²) in [5.74, 6) is -2.19. The van der Waals surface area contributed by atoms with E-state index in [-0.39, 0.29) is 40.7 Å². The summed E-state index contributed by atoms with van der Waals surface area (Å²) in [4.78, 5) is 32.5. The highest BCUT2D eigenvalue weighted by Gasteiger charge is 2.41. The number of hydrogen-bond acceptors (Lipinski definition) is 6. The average Bonchev–Trinajstić information content (AvgIpc) is 3.55. The van der Waals surface area contributed by atoms with Gasteiger partial charge in [0.15, 0.2) is 5.82 Å². The summed E-state index contributed by atoms with van der Waals surface area (Å²) in [5, 5.41) is 12.2. The van der Waals surface area contributed by atoms with Crippen molar-refractivity contribution in [1.82, 2.24) is 24.5 Å². The molecule has 4 heterocycles. The quantitative estimate of drug-likeness (QED) is 0.296. The van der Waals surface area contributed by atoms with E-state index in [9.17, 15) is 22.4 Å². The number of nitrogens with one attached hydrogen (secondary N) is 4. The minimum absolute atomic E-state index is 0.0346. The number of nitrogens with zero attached hydrogens (tertiary/aromatic N) is 3. The summed E-state index contributed by atoms with van der Waals surface area (Å²) in [6, 6.07) is 10.1. The van der Waals surface area contributed by atoms with Crippen LogP contribution in [0.2, 0.25) is 0 Å². The summed E-state index contributed by atoms with van der Waals surface area (Å²) in [6.07, 6.45) is 4.32. The van der Waals surface area contributed by atoms with Gasteiger partial charge in [-0.3, -0.25) is 19.7 Å². The van der Waals surface area contributed by atoms with Gasteiger partial charge in [-0.25, -0.2) is 12.8 Å².